The number of benzene rings is 2. The molecule has 1 N–H and O–H groups in total. The quantitative estimate of drug-likeness (QED) is 0.530. The average Bonchev–Trinajstić information content (AvgIpc) is 3.09. The van der Waals surface area contributed by atoms with Crippen LogP contribution < -0.4 is 5.32 Å². The highest BCUT2D eigenvalue weighted by molar-refractivity contribution is 5.90. The Morgan fingerprint density at radius 3 is 2.32 bits per heavy atom. The first kappa shape index (κ1) is 19.0. The Morgan fingerprint density at radius 1 is 1.11 bits per heavy atom. The summed E-state index contributed by atoms with van der Waals surface area (Å²) in [5, 5.41) is 17.2. The van der Waals surface area contributed by atoms with Gasteiger partial charge in [-0.15, -0.1) is 0 Å². The number of nitro benzene ring substituents is 1. The maximum atomic E-state index is 12.5. The highest BCUT2D eigenvalue weighted by Crippen LogP contribution is 2.29. The Balaban J connectivity index is 1.63. The highest BCUT2D eigenvalue weighted by Gasteiger charge is 2.30. The first-order valence-electron chi connectivity index (χ1n) is 7.84. The van der Waals surface area contributed by atoms with Crippen molar-refractivity contribution in [1.82, 2.24) is 14.8 Å². The number of anilines is 1. The Hall–Kier alpha value is -3.76. The van der Waals surface area contributed by atoms with E-state index in [4.69, 9.17) is 0 Å². The number of non-ortho nitro benzene ring substituents is 1. The van der Waals surface area contributed by atoms with Gasteiger partial charge in [-0.05, 0) is 36.4 Å². The molecule has 0 fully saturated rings. The van der Waals surface area contributed by atoms with E-state index in [1.807, 2.05) is 0 Å². The summed E-state index contributed by atoms with van der Waals surface area (Å²) in [5.41, 5.74) is -0.130. The van der Waals surface area contributed by atoms with Crippen LogP contribution in [0.4, 0.5) is 24.5 Å². The third-order valence-electron chi connectivity index (χ3n) is 3.67. The molecule has 0 aliphatic rings. The van der Waals surface area contributed by atoms with E-state index in [1.165, 1.54) is 35.3 Å². The molecule has 3 rings (SSSR count). The van der Waals surface area contributed by atoms with Crippen molar-refractivity contribution in [2.45, 2.75) is 12.7 Å². The molecule has 0 saturated heterocycles. The number of rotatable bonds is 5. The van der Waals surface area contributed by atoms with E-state index in [-0.39, 0.29) is 23.7 Å². The van der Waals surface area contributed by atoms with Gasteiger partial charge in [0, 0.05) is 23.4 Å². The predicted octanol–water partition coefficient (Wildman–Crippen LogP) is 3.51. The van der Waals surface area contributed by atoms with Crippen LogP contribution in [0.25, 0.3) is 11.4 Å². The van der Waals surface area contributed by atoms with Crippen molar-refractivity contribution in [2.75, 3.05) is 5.32 Å². The Labute approximate surface area is 155 Å². The molecule has 0 saturated carbocycles. The van der Waals surface area contributed by atoms with Crippen molar-refractivity contribution in [2.24, 2.45) is 0 Å². The van der Waals surface area contributed by atoms with Gasteiger partial charge in [-0.25, -0.2) is 9.67 Å². The standard InChI is InChI=1S/C17H12F3N5O3/c18-17(19,20)12-3-5-13(6-4-12)22-15(26)9-24-10-21-16(23-24)11-1-7-14(8-2-11)25(27)28/h1-8,10H,9H2,(H,22,26). The van der Waals surface area contributed by atoms with Gasteiger partial charge in [-0.1, -0.05) is 0 Å². The maximum Gasteiger partial charge on any atom is 0.416 e. The first-order valence-corrected chi connectivity index (χ1v) is 7.84. The fraction of sp³-hybridized carbons (Fsp3) is 0.118. The Morgan fingerprint density at radius 2 is 1.75 bits per heavy atom. The minimum Gasteiger partial charge on any atom is -0.324 e. The van der Waals surface area contributed by atoms with E-state index in [0.717, 1.165) is 24.3 Å². The molecule has 0 radical (unpaired) electrons. The zero-order valence-corrected chi connectivity index (χ0v) is 14.1. The summed E-state index contributed by atoms with van der Waals surface area (Å²) >= 11 is 0. The van der Waals surface area contributed by atoms with Crippen molar-refractivity contribution in [3.63, 3.8) is 0 Å². The Bertz CT molecular complexity index is 998. The summed E-state index contributed by atoms with van der Waals surface area (Å²) in [7, 11) is 0. The average molecular weight is 391 g/mol. The van der Waals surface area contributed by atoms with Gasteiger partial charge in [0.15, 0.2) is 5.82 Å². The molecule has 0 bridgehead atoms. The van der Waals surface area contributed by atoms with Crippen molar-refractivity contribution in [3.8, 4) is 11.4 Å². The molecule has 2 aromatic carbocycles. The number of halogens is 3. The number of hydrogen-bond acceptors (Lipinski definition) is 5. The molecule has 1 heterocycles. The monoisotopic (exact) mass is 391 g/mol. The normalized spacial score (nSPS) is 11.2. The molecule has 0 spiro atoms. The van der Waals surface area contributed by atoms with Crippen LogP contribution in [0.5, 0.6) is 0 Å². The van der Waals surface area contributed by atoms with Crippen LogP contribution >= 0.6 is 0 Å². The van der Waals surface area contributed by atoms with Crippen LogP contribution in [0.15, 0.2) is 54.9 Å². The van der Waals surface area contributed by atoms with Crippen LogP contribution in [0.3, 0.4) is 0 Å². The first-order chi connectivity index (χ1) is 13.2. The SMILES string of the molecule is O=C(Cn1cnc(-c2ccc([N+](=O)[O-])cc2)n1)Nc1ccc(C(F)(F)F)cc1. The zero-order chi connectivity index (χ0) is 20.3. The number of nitrogens with zero attached hydrogens (tertiary/aromatic N) is 4. The Kier molecular flexibility index (Phi) is 5.07. The molecular weight excluding hydrogens is 379 g/mol. The van der Waals surface area contributed by atoms with Crippen LogP contribution in [-0.4, -0.2) is 25.6 Å². The predicted molar refractivity (Wildman–Crippen MR) is 92.2 cm³/mol. The van der Waals surface area contributed by atoms with E-state index < -0.39 is 22.6 Å². The molecule has 1 amide bonds. The van der Waals surface area contributed by atoms with Crippen LogP contribution in [0.1, 0.15) is 5.56 Å². The lowest BCUT2D eigenvalue weighted by atomic mass is 10.2. The summed E-state index contributed by atoms with van der Waals surface area (Å²) < 4.78 is 38.8. The van der Waals surface area contributed by atoms with E-state index in [9.17, 15) is 28.1 Å². The summed E-state index contributed by atoms with van der Waals surface area (Å²) in [6, 6.07) is 9.66. The summed E-state index contributed by atoms with van der Waals surface area (Å²) in [6.45, 7) is -0.207. The zero-order valence-electron chi connectivity index (χ0n) is 14.1. The van der Waals surface area contributed by atoms with E-state index in [2.05, 4.69) is 15.4 Å². The fourth-order valence-electron chi connectivity index (χ4n) is 2.33. The van der Waals surface area contributed by atoms with Crippen LogP contribution in [-0.2, 0) is 17.5 Å². The number of alkyl halides is 3. The summed E-state index contributed by atoms with van der Waals surface area (Å²) in [6.07, 6.45) is -3.14. The molecule has 0 atom stereocenters. The van der Waals surface area contributed by atoms with Crippen molar-refractivity contribution in [1.29, 1.82) is 0 Å². The van der Waals surface area contributed by atoms with E-state index in [1.54, 1.807) is 0 Å². The van der Waals surface area contributed by atoms with Crippen LogP contribution in [0, 0.1) is 10.1 Å². The molecule has 0 aliphatic heterocycles. The molecule has 1 aromatic heterocycles. The van der Waals surface area contributed by atoms with Gasteiger partial charge in [-0.3, -0.25) is 14.9 Å². The molecular formula is C17H12F3N5O3. The third kappa shape index (κ3) is 4.50. The molecule has 0 aliphatic carbocycles. The minimum atomic E-state index is -4.45. The van der Waals surface area contributed by atoms with Gasteiger partial charge >= 0.3 is 6.18 Å². The van der Waals surface area contributed by atoms with E-state index >= 15 is 0 Å². The van der Waals surface area contributed by atoms with Crippen LogP contribution in [0.2, 0.25) is 0 Å². The number of nitrogens with one attached hydrogen (secondary N) is 1. The summed E-state index contributed by atoms with van der Waals surface area (Å²) in [5.74, 6) is -0.225. The van der Waals surface area contributed by atoms with Crippen molar-refractivity contribution in [3.05, 3.63) is 70.5 Å². The lowest BCUT2D eigenvalue weighted by molar-refractivity contribution is -0.384. The highest BCUT2D eigenvalue weighted by atomic mass is 19.4. The smallest absolute Gasteiger partial charge is 0.324 e. The number of amides is 1. The second-order valence-electron chi connectivity index (χ2n) is 5.69. The second kappa shape index (κ2) is 7.47. The lowest BCUT2D eigenvalue weighted by Gasteiger charge is -2.08. The largest absolute Gasteiger partial charge is 0.416 e. The number of hydrogen-bond donors (Lipinski definition) is 1. The molecule has 11 heteroatoms. The number of carbonyl (C=O) groups excluding carboxylic acids is 1. The topological polar surface area (TPSA) is 103 Å². The van der Waals surface area contributed by atoms with Gasteiger partial charge in [0.05, 0.1) is 10.5 Å². The second-order valence-corrected chi connectivity index (χ2v) is 5.69. The number of aromatic nitrogens is 3. The number of carbonyl (C=O) groups is 1. The van der Waals surface area contributed by atoms with Gasteiger partial charge < -0.3 is 5.32 Å². The van der Waals surface area contributed by atoms with Gasteiger partial charge in [-0.2, -0.15) is 18.3 Å². The molecule has 144 valence electrons. The van der Waals surface area contributed by atoms with Crippen molar-refractivity contribution >= 4 is 17.3 Å². The molecule has 8 nitrogen and oxygen atoms in total. The molecule has 0 unspecified atom stereocenters. The van der Waals surface area contributed by atoms with Gasteiger partial charge in [0.25, 0.3) is 5.69 Å². The maximum absolute atomic E-state index is 12.5. The lowest BCUT2D eigenvalue weighted by Crippen LogP contribution is -2.19. The van der Waals surface area contributed by atoms with E-state index in [0.29, 0.717) is 5.56 Å². The minimum absolute atomic E-state index is 0.0703. The fourth-order valence-corrected chi connectivity index (χ4v) is 2.33. The third-order valence-corrected chi connectivity index (χ3v) is 3.67. The van der Waals surface area contributed by atoms with Gasteiger partial charge in [0.1, 0.15) is 12.9 Å². The summed E-state index contributed by atoms with van der Waals surface area (Å²) in [4.78, 5) is 26.2. The van der Waals surface area contributed by atoms with Crippen molar-refractivity contribution < 1.29 is 22.9 Å². The molecule has 28 heavy (non-hydrogen) atoms. The van der Waals surface area contributed by atoms with Gasteiger partial charge in [0.2, 0.25) is 5.91 Å². The molecule has 3 aromatic rings. The number of nitro groups is 1.